The maximum atomic E-state index is 5.94. The molecule has 1 aromatic rings. The molecule has 12 heavy (non-hydrogen) atoms. The van der Waals surface area contributed by atoms with E-state index in [0.717, 1.165) is 13.5 Å². The van der Waals surface area contributed by atoms with Gasteiger partial charge in [-0.1, -0.05) is 18.2 Å². The van der Waals surface area contributed by atoms with E-state index in [2.05, 4.69) is 29.2 Å². The van der Waals surface area contributed by atoms with Crippen molar-refractivity contribution in [3.63, 3.8) is 0 Å². The standard InChI is InChI=1S/C8H8ClIOS/c1-3-11-5(2)7-6(9)4-12-8(7)10/h4H,2-3H2,1H3. The summed E-state index contributed by atoms with van der Waals surface area (Å²) in [6, 6.07) is 0. The van der Waals surface area contributed by atoms with E-state index in [1.165, 1.54) is 0 Å². The molecule has 0 amide bonds. The third kappa shape index (κ3) is 2.14. The fraction of sp³-hybridized carbons (Fsp3) is 0.250. The average molecular weight is 315 g/mol. The molecule has 0 aromatic carbocycles. The third-order valence-corrected chi connectivity index (χ3v) is 3.79. The van der Waals surface area contributed by atoms with Gasteiger partial charge < -0.3 is 4.74 Å². The summed E-state index contributed by atoms with van der Waals surface area (Å²) in [5.41, 5.74) is 0.934. The molecule has 1 heterocycles. The van der Waals surface area contributed by atoms with Crippen LogP contribution in [0.4, 0.5) is 0 Å². The molecule has 0 aliphatic carbocycles. The van der Waals surface area contributed by atoms with Crippen molar-refractivity contribution < 1.29 is 4.74 Å². The minimum atomic E-state index is 0.626. The molecule has 0 bridgehead atoms. The molecule has 0 spiro atoms. The predicted molar refractivity (Wildman–Crippen MR) is 62.7 cm³/mol. The molecule has 1 aromatic heterocycles. The Balaban J connectivity index is 2.93. The summed E-state index contributed by atoms with van der Waals surface area (Å²) in [6.07, 6.45) is 0. The molecule has 0 N–H and O–H groups in total. The summed E-state index contributed by atoms with van der Waals surface area (Å²) in [7, 11) is 0. The van der Waals surface area contributed by atoms with E-state index in [-0.39, 0.29) is 0 Å². The molecule has 1 nitrogen and oxygen atoms in total. The third-order valence-electron chi connectivity index (χ3n) is 1.30. The van der Waals surface area contributed by atoms with E-state index >= 15 is 0 Å². The van der Waals surface area contributed by atoms with Crippen molar-refractivity contribution in [1.82, 2.24) is 0 Å². The zero-order valence-corrected chi connectivity index (χ0v) is 10.3. The van der Waals surface area contributed by atoms with Crippen LogP contribution in [0.2, 0.25) is 5.02 Å². The highest BCUT2D eigenvalue weighted by atomic mass is 127. The van der Waals surface area contributed by atoms with Gasteiger partial charge >= 0.3 is 0 Å². The second-order valence-corrected chi connectivity index (χ2v) is 5.19. The fourth-order valence-electron chi connectivity index (χ4n) is 0.804. The SMILES string of the molecule is C=C(OCC)c1c(Cl)csc1I. The maximum Gasteiger partial charge on any atom is 0.122 e. The lowest BCUT2D eigenvalue weighted by Crippen LogP contribution is -1.90. The van der Waals surface area contributed by atoms with Crippen molar-refractivity contribution in [1.29, 1.82) is 0 Å². The van der Waals surface area contributed by atoms with Crippen molar-refractivity contribution in [2.75, 3.05) is 6.61 Å². The molecule has 4 heteroatoms. The van der Waals surface area contributed by atoms with E-state index in [9.17, 15) is 0 Å². The normalized spacial score (nSPS) is 9.92. The average Bonchev–Trinajstić information content (AvgIpc) is 2.32. The number of halogens is 2. The van der Waals surface area contributed by atoms with Crippen LogP contribution in [0.15, 0.2) is 12.0 Å². The maximum absolute atomic E-state index is 5.94. The quantitative estimate of drug-likeness (QED) is 0.605. The van der Waals surface area contributed by atoms with Crippen LogP contribution in [0.1, 0.15) is 12.5 Å². The molecule has 0 aliphatic heterocycles. The van der Waals surface area contributed by atoms with E-state index in [1.807, 2.05) is 12.3 Å². The Bertz CT molecular complexity index is 276. The van der Waals surface area contributed by atoms with Crippen LogP contribution in [-0.4, -0.2) is 6.61 Å². The Morgan fingerprint density at radius 3 is 2.92 bits per heavy atom. The van der Waals surface area contributed by atoms with Gasteiger partial charge in [-0.2, -0.15) is 0 Å². The number of hydrogen-bond acceptors (Lipinski definition) is 2. The van der Waals surface area contributed by atoms with Crippen LogP contribution in [0.25, 0.3) is 5.76 Å². The summed E-state index contributed by atoms with van der Waals surface area (Å²) in [4.78, 5) is 0. The van der Waals surface area contributed by atoms with Gasteiger partial charge in [0.05, 0.1) is 20.1 Å². The Labute approximate surface area is 94.5 Å². The summed E-state index contributed by atoms with van der Waals surface area (Å²) < 4.78 is 6.39. The second kappa shape index (κ2) is 4.48. The van der Waals surface area contributed by atoms with Crippen molar-refractivity contribution >= 4 is 51.3 Å². The van der Waals surface area contributed by atoms with Gasteiger partial charge in [-0.3, -0.25) is 0 Å². The van der Waals surface area contributed by atoms with Crippen molar-refractivity contribution in [2.24, 2.45) is 0 Å². The summed E-state index contributed by atoms with van der Waals surface area (Å²) >= 11 is 9.77. The second-order valence-electron chi connectivity index (χ2n) is 2.09. The van der Waals surface area contributed by atoms with Gasteiger partial charge in [-0.05, 0) is 29.5 Å². The highest BCUT2D eigenvalue weighted by Gasteiger charge is 2.11. The first kappa shape index (κ1) is 10.3. The van der Waals surface area contributed by atoms with E-state index < -0.39 is 0 Å². The van der Waals surface area contributed by atoms with Gasteiger partial charge in [0, 0.05) is 5.38 Å². The number of rotatable bonds is 3. The van der Waals surface area contributed by atoms with Crippen LogP contribution in [0.5, 0.6) is 0 Å². The lowest BCUT2D eigenvalue weighted by Gasteiger charge is -2.05. The van der Waals surface area contributed by atoms with Crippen LogP contribution in [0.3, 0.4) is 0 Å². The largest absolute Gasteiger partial charge is 0.494 e. The van der Waals surface area contributed by atoms with Gasteiger partial charge in [-0.15, -0.1) is 11.3 Å². The lowest BCUT2D eigenvalue weighted by molar-refractivity contribution is 0.299. The van der Waals surface area contributed by atoms with Crippen LogP contribution < -0.4 is 0 Å². The summed E-state index contributed by atoms with van der Waals surface area (Å²) in [6.45, 7) is 6.36. The Morgan fingerprint density at radius 1 is 1.83 bits per heavy atom. The van der Waals surface area contributed by atoms with Crippen molar-refractivity contribution in [3.8, 4) is 0 Å². The molecule has 66 valence electrons. The highest BCUT2D eigenvalue weighted by molar-refractivity contribution is 14.1. The number of thiophene rings is 1. The molecule has 0 atom stereocenters. The molecule has 0 saturated carbocycles. The number of hydrogen-bond donors (Lipinski definition) is 0. The van der Waals surface area contributed by atoms with Gasteiger partial charge in [-0.25, -0.2) is 0 Å². The molecular formula is C8H8ClIOS. The van der Waals surface area contributed by atoms with Gasteiger partial charge in [0.15, 0.2) is 0 Å². The van der Waals surface area contributed by atoms with Crippen LogP contribution in [0, 0.1) is 2.88 Å². The van der Waals surface area contributed by atoms with Crippen LogP contribution in [-0.2, 0) is 4.74 Å². The molecule has 0 aliphatic rings. The number of ether oxygens (including phenoxy) is 1. The first-order valence-corrected chi connectivity index (χ1v) is 5.75. The summed E-state index contributed by atoms with van der Waals surface area (Å²) in [5, 5.41) is 2.62. The topological polar surface area (TPSA) is 9.23 Å². The zero-order chi connectivity index (χ0) is 9.14. The molecule has 1 rings (SSSR count). The lowest BCUT2D eigenvalue weighted by atomic mass is 10.3. The summed E-state index contributed by atoms with van der Waals surface area (Å²) in [5.74, 6) is 0.660. The zero-order valence-electron chi connectivity index (χ0n) is 6.56. The predicted octanol–water partition coefficient (Wildman–Crippen LogP) is 4.01. The molecule has 0 unspecified atom stereocenters. The van der Waals surface area contributed by atoms with Gasteiger partial charge in [0.2, 0.25) is 0 Å². The van der Waals surface area contributed by atoms with Crippen molar-refractivity contribution in [3.05, 3.63) is 25.4 Å². The first-order chi connectivity index (χ1) is 5.66. The van der Waals surface area contributed by atoms with E-state index in [0.29, 0.717) is 12.4 Å². The Hall–Kier alpha value is 0.260. The molecule has 0 saturated heterocycles. The van der Waals surface area contributed by atoms with E-state index in [4.69, 9.17) is 16.3 Å². The van der Waals surface area contributed by atoms with Crippen molar-refractivity contribution in [2.45, 2.75) is 6.92 Å². The van der Waals surface area contributed by atoms with Gasteiger partial charge in [0.1, 0.15) is 5.76 Å². The monoisotopic (exact) mass is 314 g/mol. The van der Waals surface area contributed by atoms with E-state index in [1.54, 1.807) is 11.3 Å². The fourth-order valence-corrected chi connectivity index (χ4v) is 2.99. The molecule has 0 fully saturated rings. The highest BCUT2D eigenvalue weighted by Crippen LogP contribution is 2.33. The Kier molecular flexibility index (Phi) is 3.86. The Morgan fingerprint density at radius 2 is 2.50 bits per heavy atom. The first-order valence-electron chi connectivity index (χ1n) is 3.41. The molecule has 0 radical (unpaired) electrons. The van der Waals surface area contributed by atoms with Gasteiger partial charge in [0.25, 0.3) is 0 Å². The van der Waals surface area contributed by atoms with Crippen LogP contribution >= 0.6 is 45.5 Å². The smallest absolute Gasteiger partial charge is 0.122 e. The minimum Gasteiger partial charge on any atom is -0.494 e. The molecular weight excluding hydrogens is 307 g/mol. The minimum absolute atomic E-state index is 0.626.